The van der Waals surface area contributed by atoms with Gasteiger partial charge in [0.05, 0.1) is 6.10 Å². The van der Waals surface area contributed by atoms with Crippen molar-refractivity contribution in [3.8, 4) is 5.75 Å². The van der Waals surface area contributed by atoms with Gasteiger partial charge in [-0.2, -0.15) is 0 Å². The Balaban J connectivity index is 2.10. The molecule has 1 unspecified atom stereocenters. The van der Waals surface area contributed by atoms with Crippen LogP contribution >= 0.6 is 11.6 Å². The zero-order valence-electron chi connectivity index (χ0n) is 13.0. The molecule has 2 aromatic carbocycles. The predicted molar refractivity (Wildman–Crippen MR) is 90.4 cm³/mol. The highest BCUT2D eigenvalue weighted by Gasteiger charge is 2.08. The molecule has 0 aliphatic rings. The SMILES string of the molecule is Cc1cc(OC(C)C)ccc1NC(C)c1ccc(Cl)cc1. The normalized spacial score (nSPS) is 12.3. The minimum absolute atomic E-state index is 0.191. The number of hydrogen-bond acceptors (Lipinski definition) is 2. The second kappa shape index (κ2) is 6.86. The fraction of sp³-hybridized carbons (Fsp3) is 0.333. The first kappa shape index (κ1) is 15.7. The molecule has 0 aliphatic carbocycles. The fourth-order valence-electron chi connectivity index (χ4n) is 2.21. The standard InChI is InChI=1S/C18H22ClNO/c1-12(2)21-17-9-10-18(13(3)11-17)20-14(4)15-5-7-16(19)8-6-15/h5-12,14,20H,1-4H3. The van der Waals surface area contributed by atoms with Crippen LogP contribution in [0.25, 0.3) is 0 Å². The maximum Gasteiger partial charge on any atom is 0.120 e. The maximum absolute atomic E-state index is 5.93. The number of halogens is 1. The molecule has 0 radical (unpaired) electrons. The van der Waals surface area contributed by atoms with Crippen LogP contribution in [-0.4, -0.2) is 6.10 Å². The quantitative estimate of drug-likeness (QED) is 0.775. The zero-order chi connectivity index (χ0) is 15.4. The summed E-state index contributed by atoms with van der Waals surface area (Å²) in [7, 11) is 0. The van der Waals surface area contributed by atoms with Crippen molar-refractivity contribution >= 4 is 17.3 Å². The van der Waals surface area contributed by atoms with Gasteiger partial charge in [0, 0.05) is 16.8 Å². The van der Waals surface area contributed by atoms with Gasteiger partial charge in [-0.25, -0.2) is 0 Å². The van der Waals surface area contributed by atoms with Gasteiger partial charge in [0.25, 0.3) is 0 Å². The molecule has 0 amide bonds. The molecule has 0 aromatic heterocycles. The molecule has 2 rings (SSSR count). The van der Waals surface area contributed by atoms with Crippen LogP contribution in [0.3, 0.4) is 0 Å². The summed E-state index contributed by atoms with van der Waals surface area (Å²) >= 11 is 5.93. The maximum atomic E-state index is 5.93. The third-order valence-corrected chi connectivity index (χ3v) is 3.56. The van der Waals surface area contributed by atoms with Crippen LogP contribution in [0.2, 0.25) is 5.02 Å². The van der Waals surface area contributed by atoms with E-state index in [4.69, 9.17) is 16.3 Å². The van der Waals surface area contributed by atoms with Crippen molar-refractivity contribution < 1.29 is 4.74 Å². The van der Waals surface area contributed by atoms with Gasteiger partial charge in [0.2, 0.25) is 0 Å². The van der Waals surface area contributed by atoms with Crippen LogP contribution < -0.4 is 10.1 Å². The number of rotatable bonds is 5. The largest absolute Gasteiger partial charge is 0.491 e. The Morgan fingerprint density at radius 3 is 2.24 bits per heavy atom. The summed E-state index contributed by atoms with van der Waals surface area (Å²) in [6.07, 6.45) is 0.191. The second-order valence-corrected chi connectivity index (χ2v) is 6.00. The molecule has 1 N–H and O–H groups in total. The number of aryl methyl sites for hydroxylation is 1. The van der Waals surface area contributed by atoms with E-state index in [9.17, 15) is 0 Å². The lowest BCUT2D eigenvalue weighted by Crippen LogP contribution is -2.09. The summed E-state index contributed by atoms with van der Waals surface area (Å²) in [5, 5.41) is 4.29. The van der Waals surface area contributed by atoms with Crippen LogP contribution in [0.15, 0.2) is 42.5 Å². The third kappa shape index (κ3) is 4.40. The van der Waals surface area contributed by atoms with E-state index in [1.807, 2.05) is 44.2 Å². The molecule has 0 aliphatic heterocycles. The van der Waals surface area contributed by atoms with Crippen LogP contribution in [0.5, 0.6) is 5.75 Å². The van der Waals surface area contributed by atoms with Gasteiger partial charge in [-0.15, -0.1) is 0 Å². The highest BCUT2D eigenvalue weighted by molar-refractivity contribution is 6.30. The second-order valence-electron chi connectivity index (χ2n) is 5.56. The van der Waals surface area contributed by atoms with Crippen LogP contribution in [0, 0.1) is 6.92 Å². The monoisotopic (exact) mass is 303 g/mol. The Kier molecular flexibility index (Phi) is 5.13. The summed E-state index contributed by atoms with van der Waals surface area (Å²) in [5.41, 5.74) is 3.50. The summed E-state index contributed by atoms with van der Waals surface area (Å²) in [6.45, 7) is 8.29. The number of hydrogen-bond donors (Lipinski definition) is 1. The van der Waals surface area contributed by atoms with Crippen molar-refractivity contribution in [1.29, 1.82) is 0 Å². The average molecular weight is 304 g/mol. The van der Waals surface area contributed by atoms with E-state index in [2.05, 4.69) is 31.3 Å². The molecule has 0 heterocycles. The molecule has 0 saturated heterocycles. The summed E-state index contributed by atoms with van der Waals surface area (Å²) in [6, 6.07) is 14.3. The lowest BCUT2D eigenvalue weighted by Gasteiger charge is -2.19. The van der Waals surface area contributed by atoms with Gasteiger partial charge in [-0.1, -0.05) is 23.7 Å². The molecule has 3 heteroatoms. The van der Waals surface area contributed by atoms with Crippen molar-refractivity contribution in [2.24, 2.45) is 0 Å². The van der Waals surface area contributed by atoms with Gasteiger partial charge in [0.1, 0.15) is 5.75 Å². The topological polar surface area (TPSA) is 21.3 Å². The van der Waals surface area contributed by atoms with E-state index in [-0.39, 0.29) is 12.1 Å². The molecule has 2 aromatic rings. The van der Waals surface area contributed by atoms with Crippen molar-refractivity contribution in [3.05, 3.63) is 58.6 Å². The van der Waals surface area contributed by atoms with E-state index in [0.717, 1.165) is 16.5 Å². The Morgan fingerprint density at radius 2 is 1.67 bits per heavy atom. The van der Waals surface area contributed by atoms with Crippen molar-refractivity contribution in [2.75, 3.05) is 5.32 Å². The smallest absolute Gasteiger partial charge is 0.120 e. The van der Waals surface area contributed by atoms with E-state index < -0.39 is 0 Å². The summed E-state index contributed by atoms with van der Waals surface area (Å²) in [5.74, 6) is 0.909. The molecule has 2 nitrogen and oxygen atoms in total. The number of ether oxygens (including phenoxy) is 1. The van der Waals surface area contributed by atoms with Gasteiger partial charge < -0.3 is 10.1 Å². The van der Waals surface area contributed by atoms with Crippen LogP contribution in [0.4, 0.5) is 5.69 Å². The van der Waals surface area contributed by atoms with Crippen LogP contribution in [0.1, 0.15) is 37.9 Å². The minimum Gasteiger partial charge on any atom is -0.491 e. The van der Waals surface area contributed by atoms with E-state index in [1.54, 1.807) is 0 Å². The van der Waals surface area contributed by atoms with Gasteiger partial charge in [-0.05, 0) is 69.2 Å². The van der Waals surface area contributed by atoms with E-state index >= 15 is 0 Å². The van der Waals surface area contributed by atoms with Crippen molar-refractivity contribution in [1.82, 2.24) is 0 Å². The zero-order valence-corrected chi connectivity index (χ0v) is 13.7. The molecule has 1 atom stereocenters. The number of benzene rings is 2. The Hall–Kier alpha value is -1.67. The molecule has 0 bridgehead atoms. The molecular weight excluding hydrogens is 282 g/mol. The van der Waals surface area contributed by atoms with Gasteiger partial charge in [0.15, 0.2) is 0 Å². The first-order valence-corrected chi connectivity index (χ1v) is 7.63. The highest BCUT2D eigenvalue weighted by atomic mass is 35.5. The average Bonchev–Trinajstić information content (AvgIpc) is 2.42. The first-order chi connectivity index (χ1) is 9.95. The summed E-state index contributed by atoms with van der Waals surface area (Å²) in [4.78, 5) is 0. The van der Waals surface area contributed by atoms with Crippen LogP contribution in [-0.2, 0) is 0 Å². The van der Waals surface area contributed by atoms with Crippen molar-refractivity contribution in [3.63, 3.8) is 0 Å². The number of nitrogens with one attached hydrogen (secondary N) is 1. The van der Waals surface area contributed by atoms with Crippen molar-refractivity contribution in [2.45, 2.75) is 39.8 Å². The molecule has 0 saturated carbocycles. The lowest BCUT2D eigenvalue weighted by atomic mass is 10.1. The fourth-order valence-corrected chi connectivity index (χ4v) is 2.34. The lowest BCUT2D eigenvalue weighted by molar-refractivity contribution is 0.242. The van der Waals surface area contributed by atoms with Gasteiger partial charge in [-0.3, -0.25) is 0 Å². The summed E-state index contributed by atoms with van der Waals surface area (Å²) < 4.78 is 5.71. The Morgan fingerprint density at radius 1 is 1.00 bits per heavy atom. The first-order valence-electron chi connectivity index (χ1n) is 7.25. The Bertz CT molecular complexity index is 593. The molecule has 0 spiro atoms. The minimum atomic E-state index is 0.191. The molecule has 112 valence electrons. The molecular formula is C18H22ClNO. The van der Waals surface area contributed by atoms with E-state index in [0.29, 0.717) is 0 Å². The third-order valence-electron chi connectivity index (χ3n) is 3.31. The molecule has 21 heavy (non-hydrogen) atoms. The molecule has 0 fully saturated rings. The highest BCUT2D eigenvalue weighted by Crippen LogP contribution is 2.26. The predicted octanol–water partition coefficient (Wildman–Crippen LogP) is 5.61. The number of anilines is 1. The Labute approximate surface area is 132 Å². The van der Waals surface area contributed by atoms with Gasteiger partial charge >= 0.3 is 0 Å². The van der Waals surface area contributed by atoms with E-state index in [1.165, 1.54) is 11.1 Å².